The Morgan fingerprint density at radius 3 is 2.24 bits per heavy atom. The average Bonchev–Trinajstić information content (AvgIpc) is 2.93. The van der Waals surface area contributed by atoms with Crippen molar-refractivity contribution in [2.75, 3.05) is 54.2 Å². The number of nitrogens with one attached hydrogen (secondary N) is 1. The number of esters is 1. The van der Waals surface area contributed by atoms with Gasteiger partial charge in [0.15, 0.2) is 6.79 Å². The third-order valence-electron chi connectivity index (χ3n) is 6.89. The van der Waals surface area contributed by atoms with Crippen molar-refractivity contribution in [3.63, 3.8) is 0 Å². The van der Waals surface area contributed by atoms with E-state index < -0.39 is 45.6 Å². The molecular weight excluding hydrogens is 582 g/mol. The second-order valence-electron chi connectivity index (χ2n) is 10.5. The molecule has 1 saturated heterocycles. The molecule has 2 aromatic carbocycles. The number of alkyl halides is 3. The van der Waals surface area contributed by atoms with Crippen LogP contribution in [0.1, 0.15) is 31.9 Å². The minimum absolute atomic E-state index is 0.0232. The second kappa shape index (κ2) is 14.1. The van der Waals surface area contributed by atoms with Gasteiger partial charge < -0.3 is 19.1 Å². The Balaban J connectivity index is 2.05. The van der Waals surface area contributed by atoms with Gasteiger partial charge in [-0.25, -0.2) is 12.8 Å². The zero-order valence-corrected chi connectivity index (χ0v) is 25.0. The summed E-state index contributed by atoms with van der Waals surface area (Å²) in [6.07, 6.45) is -4.81. The summed E-state index contributed by atoms with van der Waals surface area (Å²) in [7, 11) is 0.384. The predicted octanol–water partition coefficient (Wildman–Crippen LogP) is 4.19. The predicted molar refractivity (Wildman–Crippen MR) is 148 cm³/mol. The van der Waals surface area contributed by atoms with Crippen LogP contribution in [0.2, 0.25) is 0 Å². The molecule has 1 fully saturated rings. The highest BCUT2D eigenvalue weighted by Crippen LogP contribution is 2.39. The molecule has 1 aliphatic rings. The number of halogens is 4. The Hall–Kier alpha value is -2.78. The molecule has 0 aromatic heterocycles. The molecule has 14 heteroatoms. The summed E-state index contributed by atoms with van der Waals surface area (Å²) in [5.74, 6) is -1.96. The lowest BCUT2D eigenvalue weighted by Gasteiger charge is -2.31. The van der Waals surface area contributed by atoms with Crippen LogP contribution in [-0.4, -0.2) is 90.0 Å². The molecule has 0 spiro atoms. The lowest BCUT2D eigenvalue weighted by Crippen LogP contribution is -2.47. The van der Waals surface area contributed by atoms with Crippen molar-refractivity contribution in [2.45, 2.75) is 43.4 Å². The van der Waals surface area contributed by atoms with Crippen molar-refractivity contribution < 1.29 is 45.0 Å². The fraction of sp³-hybridized carbons (Fsp3) is 0.536. The smallest absolute Gasteiger partial charge is 0.407 e. The first kappa shape index (κ1) is 33.7. The first-order valence-electron chi connectivity index (χ1n) is 13.3. The van der Waals surface area contributed by atoms with Gasteiger partial charge in [0.05, 0.1) is 12.0 Å². The van der Waals surface area contributed by atoms with Crippen LogP contribution in [0.15, 0.2) is 41.3 Å². The van der Waals surface area contributed by atoms with Crippen LogP contribution >= 0.6 is 0 Å². The van der Waals surface area contributed by atoms with Crippen molar-refractivity contribution >= 4 is 16.0 Å². The number of hydrogen-bond acceptors (Lipinski definition) is 8. The maximum Gasteiger partial charge on any atom is 0.407 e. The minimum Gasteiger partial charge on any atom is -0.468 e. The van der Waals surface area contributed by atoms with Gasteiger partial charge >= 0.3 is 12.1 Å². The number of sulfonamides is 1. The standard InChI is InChI=1S/C28H37F4N3O6S/c1-18(2)14-24(27(36)40-5)33-26(28(30,31)32)19-6-8-21(23(29)15-19)22-16-20(7-9-25(22)41-17-39-4)42(37,38)35-12-10-34(3)11-13-35/h6-9,15-16,18,24,26,33H,10-14,17H2,1-5H3. The number of likely N-dealkylation sites (N-methyl/N-ethyl adjacent to an activating group) is 1. The number of carbonyl (C=O) groups is 1. The molecule has 2 atom stereocenters. The van der Waals surface area contributed by atoms with Crippen LogP contribution in [-0.2, 0) is 24.3 Å². The first-order chi connectivity index (χ1) is 19.7. The lowest BCUT2D eigenvalue weighted by molar-refractivity contribution is -0.164. The summed E-state index contributed by atoms with van der Waals surface area (Å²) in [6, 6.07) is 3.19. The van der Waals surface area contributed by atoms with E-state index in [4.69, 9.17) is 9.47 Å². The van der Waals surface area contributed by atoms with Gasteiger partial charge in [-0.3, -0.25) is 10.1 Å². The fourth-order valence-electron chi connectivity index (χ4n) is 4.66. The van der Waals surface area contributed by atoms with Crippen LogP contribution < -0.4 is 10.1 Å². The Bertz CT molecular complexity index is 1330. The van der Waals surface area contributed by atoms with Gasteiger partial charge in [0.1, 0.15) is 23.7 Å². The number of methoxy groups -OCH3 is 2. The van der Waals surface area contributed by atoms with Gasteiger partial charge in [-0.15, -0.1) is 0 Å². The van der Waals surface area contributed by atoms with Crippen molar-refractivity contribution in [3.8, 4) is 16.9 Å². The molecule has 234 valence electrons. The molecule has 0 bridgehead atoms. The van der Waals surface area contributed by atoms with Crippen molar-refractivity contribution in [1.82, 2.24) is 14.5 Å². The molecule has 1 N–H and O–H groups in total. The van der Waals surface area contributed by atoms with E-state index in [9.17, 15) is 26.4 Å². The molecule has 3 rings (SSSR count). The summed E-state index contributed by atoms with van der Waals surface area (Å²) in [4.78, 5) is 14.1. The summed E-state index contributed by atoms with van der Waals surface area (Å²) < 4.78 is 101. The molecule has 0 amide bonds. The van der Waals surface area contributed by atoms with E-state index in [2.05, 4.69) is 10.1 Å². The molecule has 1 aliphatic heterocycles. The molecule has 0 aliphatic carbocycles. The van der Waals surface area contributed by atoms with Crippen molar-refractivity contribution in [3.05, 3.63) is 47.8 Å². The highest BCUT2D eigenvalue weighted by atomic mass is 32.2. The van der Waals surface area contributed by atoms with Crippen molar-refractivity contribution in [2.24, 2.45) is 5.92 Å². The summed E-state index contributed by atoms with van der Waals surface area (Å²) in [5, 5.41) is 2.29. The monoisotopic (exact) mass is 619 g/mol. The van der Waals surface area contributed by atoms with Crippen molar-refractivity contribution in [1.29, 1.82) is 0 Å². The SMILES string of the molecule is COCOc1ccc(S(=O)(=O)N2CCN(C)CC2)cc1-c1ccc(C(NC(CC(C)C)C(=O)OC)C(F)(F)F)cc1F. The zero-order valence-electron chi connectivity index (χ0n) is 24.2. The molecule has 0 radical (unpaired) electrons. The molecule has 2 aromatic rings. The van der Waals surface area contributed by atoms with Gasteiger partial charge in [0, 0.05) is 44.4 Å². The van der Waals surface area contributed by atoms with Crippen LogP contribution in [0, 0.1) is 11.7 Å². The van der Waals surface area contributed by atoms with E-state index in [1.807, 2.05) is 11.9 Å². The second-order valence-corrected chi connectivity index (χ2v) is 12.4. The summed E-state index contributed by atoms with van der Waals surface area (Å²) in [5.41, 5.74) is -0.620. The first-order valence-corrected chi connectivity index (χ1v) is 14.8. The average molecular weight is 620 g/mol. The lowest BCUT2D eigenvalue weighted by atomic mass is 9.97. The number of hydrogen-bond donors (Lipinski definition) is 1. The maximum absolute atomic E-state index is 15.6. The molecule has 2 unspecified atom stereocenters. The van der Waals surface area contributed by atoms with Crippen LogP contribution in [0.5, 0.6) is 5.75 Å². The summed E-state index contributed by atoms with van der Waals surface area (Å²) >= 11 is 0. The van der Waals surface area contributed by atoms with Crippen LogP contribution in [0.4, 0.5) is 17.6 Å². The zero-order chi connectivity index (χ0) is 31.2. The highest BCUT2D eigenvalue weighted by molar-refractivity contribution is 7.89. The van der Waals surface area contributed by atoms with E-state index in [1.54, 1.807) is 13.8 Å². The Kier molecular flexibility index (Phi) is 11.3. The number of carbonyl (C=O) groups excluding carboxylic acids is 1. The van der Waals surface area contributed by atoms with E-state index >= 15 is 4.39 Å². The van der Waals surface area contributed by atoms with E-state index in [-0.39, 0.29) is 54.0 Å². The maximum atomic E-state index is 15.6. The highest BCUT2D eigenvalue weighted by Gasteiger charge is 2.43. The van der Waals surface area contributed by atoms with E-state index in [0.717, 1.165) is 19.2 Å². The quantitative estimate of drug-likeness (QED) is 0.215. The third-order valence-corrected chi connectivity index (χ3v) is 8.78. The Labute approximate surface area is 243 Å². The largest absolute Gasteiger partial charge is 0.468 e. The Morgan fingerprint density at radius 1 is 1.02 bits per heavy atom. The van der Waals surface area contributed by atoms with Gasteiger partial charge in [0.25, 0.3) is 0 Å². The van der Waals surface area contributed by atoms with Crippen LogP contribution in [0.25, 0.3) is 11.1 Å². The van der Waals surface area contributed by atoms with Gasteiger partial charge in [-0.05, 0) is 49.2 Å². The molecular formula is C28H37F4N3O6S. The molecule has 42 heavy (non-hydrogen) atoms. The number of nitrogens with zero attached hydrogens (tertiary/aromatic N) is 2. The molecule has 9 nitrogen and oxygen atoms in total. The number of piperazine rings is 1. The third kappa shape index (κ3) is 8.19. The molecule has 0 saturated carbocycles. The normalized spacial score (nSPS) is 16.8. The fourth-order valence-corrected chi connectivity index (χ4v) is 6.11. The summed E-state index contributed by atoms with van der Waals surface area (Å²) in [6.45, 7) is 4.88. The minimum atomic E-state index is -4.87. The molecule has 1 heterocycles. The van der Waals surface area contributed by atoms with E-state index in [0.29, 0.717) is 19.2 Å². The van der Waals surface area contributed by atoms with E-state index in [1.165, 1.54) is 29.6 Å². The van der Waals surface area contributed by atoms with Crippen LogP contribution in [0.3, 0.4) is 0 Å². The number of rotatable bonds is 12. The van der Waals surface area contributed by atoms with Gasteiger partial charge in [0.2, 0.25) is 10.0 Å². The van der Waals surface area contributed by atoms with Gasteiger partial charge in [-0.1, -0.05) is 26.0 Å². The topological polar surface area (TPSA) is 97.4 Å². The number of benzene rings is 2. The Morgan fingerprint density at radius 2 is 1.69 bits per heavy atom. The number of ether oxygens (including phenoxy) is 3. The van der Waals surface area contributed by atoms with Gasteiger partial charge in [-0.2, -0.15) is 17.5 Å².